The summed E-state index contributed by atoms with van der Waals surface area (Å²) in [4.78, 5) is 20.3. The summed E-state index contributed by atoms with van der Waals surface area (Å²) in [6.45, 7) is -0.252. The number of carbonyl (C=O) groups is 2. The van der Waals surface area contributed by atoms with Gasteiger partial charge in [-0.25, -0.2) is 4.79 Å². The molecule has 42 valence electrons. The van der Waals surface area contributed by atoms with Crippen LogP contribution in [0.25, 0.3) is 0 Å². The molecule has 1 fully saturated rings. The molecule has 0 aliphatic carbocycles. The van der Waals surface area contributed by atoms with Crippen molar-refractivity contribution in [3.05, 3.63) is 0 Å². The number of ether oxygens (including phenoxy) is 1. The Morgan fingerprint density at radius 1 is 1.50 bits per heavy atom. The Bertz CT molecular complexity index is 154. The van der Waals surface area contributed by atoms with Crippen LogP contribution in [0.1, 0.15) is 0 Å². The lowest BCUT2D eigenvalue weighted by molar-refractivity contribution is -0.134. The van der Waals surface area contributed by atoms with E-state index in [0.717, 1.165) is 0 Å². The van der Waals surface area contributed by atoms with E-state index in [4.69, 9.17) is 5.41 Å². The van der Waals surface area contributed by atoms with Gasteiger partial charge in [0, 0.05) is 0 Å². The molecule has 0 aromatic heterocycles. The predicted molar refractivity (Wildman–Crippen MR) is 23.7 cm³/mol. The van der Waals surface area contributed by atoms with E-state index in [1.54, 1.807) is 0 Å². The average molecular weight is 113 g/mol. The third kappa shape index (κ3) is 0.501. The van der Waals surface area contributed by atoms with E-state index in [1.807, 2.05) is 0 Å². The lowest BCUT2D eigenvalue weighted by Crippen LogP contribution is -2.11. The second kappa shape index (κ2) is 1.40. The predicted octanol–water partition coefficient (Wildman–Crippen LogP) is -0.868. The van der Waals surface area contributed by atoms with Gasteiger partial charge in [-0.05, 0) is 0 Å². The largest absolute Gasteiger partial charge is 0.452 e. The molecule has 1 aliphatic heterocycles. The molecule has 4 heteroatoms. The van der Waals surface area contributed by atoms with Crippen LogP contribution >= 0.6 is 0 Å². The van der Waals surface area contributed by atoms with Crippen molar-refractivity contribution in [2.45, 2.75) is 0 Å². The van der Waals surface area contributed by atoms with E-state index >= 15 is 0 Å². The fourth-order valence-electron chi connectivity index (χ4n) is 0.389. The smallest absolute Gasteiger partial charge is 0.360 e. The van der Waals surface area contributed by atoms with Crippen LogP contribution in [-0.4, -0.2) is 24.1 Å². The zero-order valence-corrected chi connectivity index (χ0v) is 3.93. The first kappa shape index (κ1) is 4.96. The molecular weight excluding hydrogens is 110 g/mol. The van der Waals surface area contributed by atoms with Gasteiger partial charge in [0.05, 0.1) is 0 Å². The Morgan fingerprint density at radius 2 is 2.12 bits per heavy atom. The maximum absolute atomic E-state index is 10.2. The van der Waals surface area contributed by atoms with Crippen molar-refractivity contribution in [1.82, 2.24) is 0 Å². The fourth-order valence-corrected chi connectivity index (χ4v) is 0.389. The number of hydrogen-bond acceptors (Lipinski definition) is 4. The minimum absolute atomic E-state index is 0.252. The molecular formula is C4H3NO3. The first-order valence-corrected chi connectivity index (χ1v) is 2.00. The van der Waals surface area contributed by atoms with Gasteiger partial charge in [-0.2, -0.15) is 0 Å². The van der Waals surface area contributed by atoms with E-state index in [2.05, 4.69) is 4.74 Å². The summed E-state index contributed by atoms with van der Waals surface area (Å²) < 4.78 is 4.16. The van der Waals surface area contributed by atoms with Gasteiger partial charge in [-0.15, -0.1) is 0 Å². The van der Waals surface area contributed by atoms with Crippen molar-refractivity contribution >= 4 is 17.5 Å². The topological polar surface area (TPSA) is 67.2 Å². The quantitative estimate of drug-likeness (QED) is 0.415. The number of esters is 1. The van der Waals surface area contributed by atoms with E-state index < -0.39 is 17.5 Å². The van der Waals surface area contributed by atoms with Crippen LogP contribution in [0.2, 0.25) is 0 Å². The van der Waals surface area contributed by atoms with Crippen LogP contribution in [0.5, 0.6) is 0 Å². The molecule has 1 rings (SSSR count). The summed E-state index contributed by atoms with van der Waals surface area (Å²) in [5.41, 5.74) is -0.537. The summed E-state index contributed by atoms with van der Waals surface area (Å²) in [6, 6.07) is 0. The Hall–Kier alpha value is -1.19. The number of rotatable bonds is 0. The summed E-state index contributed by atoms with van der Waals surface area (Å²) >= 11 is 0. The summed E-state index contributed by atoms with van der Waals surface area (Å²) in [5.74, 6) is -1.34. The third-order valence-electron chi connectivity index (χ3n) is 0.817. The normalized spacial score (nSPS) is 19.2. The maximum atomic E-state index is 10.2. The summed E-state index contributed by atoms with van der Waals surface area (Å²) in [6.07, 6.45) is 0. The molecule has 1 heterocycles. The maximum Gasteiger partial charge on any atom is 0.360 e. The first-order valence-electron chi connectivity index (χ1n) is 2.00. The van der Waals surface area contributed by atoms with Crippen LogP contribution in [-0.2, 0) is 14.3 Å². The first-order chi connectivity index (χ1) is 3.72. The van der Waals surface area contributed by atoms with Crippen LogP contribution in [0.15, 0.2) is 0 Å². The Kier molecular flexibility index (Phi) is 0.865. The Balaban J connectivity index is 2.86. The van der Waals surface area contributed by atoms with Crippen molar-refractivity contribution in [2.75, 3.05) is 6.61 Å². The van der Waals surface area contributed by atoms with E-state index in [0.29, 0.717) is 0 Å². The molecule has 0 unspecified atom stereocenters. The van der Waals surface area contributed by atoms with Crippen LogP contribution < -0.4 is 0 Å². The number of ketones is 1. The van der Waals surface area contributed by atoms with Crippen molar-refractivity contribution in [2.24, 2.45) is 0 Å². The van der Waals surface area contributed by atoms with Crippen LogP contribution in [0.4, 0.5) is 0 Å². The zero-order valence-electron chi connectivity index (χ0n) is 3.93. The van der Waals surface area contributed by atoms with Gasteiger partial charge in [0.1, 0.15) is 0 Å². The molecule has 0 atom stereocenters. The molecule has 0 radical (unpaired) electrons. The zero-order chi connectivity index (χ0) is 6.15. The summed E-state index contributed by atoms with van der Waals surface area (Å²) in [5, 5.41) is 6.64. The van der Waals surface area contributed by atoms with Crippen molar-refractivity contribution < 1.29 is 14.3 Å². The molecule has 0 bridgehead atoms. The monoisotopic (exact) mass is 113 g/mol. The summed E-state index contributed by atoms with van der Waals surface area (Å²) in [7, 11) is 0. The average Bonchev–Trinajstić information content (AvgIpc) is 1.98. The Morgan fingerprint density at radius 3 is 2.25 bits per heavy atom. The molecule has 1 saturated heterocycles. The number of cyclic esters (lactones) is 1. The molecule has 0 saturated carbocycles. The lowest BCUT2D eigenvalue weighted by atomic mass is 10.3. The molecule has 0 aromatic rings. The number of carbonyl (C=O) groups excluding carboxylic acids is 2. The van der Waals surface area contributed by atoms with Gasteiger partial charge in [-0.3, -0.25) is 10.2 Å². The molecule has 0 aromatic carbocycles. The highest BCUT2D eigenvalue weighted by atomic mass is 16.5. The second-order valence-corrected chi connectivity index (χ2v) is 1.37. The minimum Gasteiger partial charge on any atom is -0.452 e. The van der Waals surface area contributed by atoms with E-state index in [1.165, 1.54) is 0 Å². The number of nitrogens with one attached hydrogen (secondary N) is 1. The third-order valence-corrected chi connectivity index (χ3v) is 0.817. The molecule has 0 spiro atoms. The molecule has 4 nitrogen and oxygen atoms in total. The highest BCUT2D eigenvalue weighted by molar-refractivity contribution is 6.66. The van der Waals surface area contributed by atoms with Crippen LogP contribution in [0.3, 0.4) is 0 Å². The molecule has 8 heavy (non-hydrogen) atoms. The second-order valence-electron chi connectivity index (χ2n) is 1.37. The van der Waals surface area contributed by atoms with Crippen LogP contribution in [0, 0.1) is 5.41 Å². The van der Waals surface area contributed by atoms with Crippen molar-refractivity contribution in [3.63, 3.8) is 0 Å². The van der Waals surface area contributed by atoms with Gasteiger partial charge in [0.25, 0.3) is 0 Å². The Labute approximate surface area is 45.0 Å². The standard InChI is InChI=1S/C4H3NO3/c5-3-2(6)1-8-4(3)7/h5H,1H2. The molecule has 0 amide bonds. The highest BCUT2D eigenvalue weighted by Crippen LogP contribution is 1.94. The van der Waals surface area contributed by atoms with E-state index in [9.17, 15) is 9.59 Å². The number of Topliss-reactive ketones (excluding diaryl/α,β-unsaturated/α-hetero) is 1. The van der Waals surface area contributed by atoms with Crippen molar-refractivity contribution in [1.29, 1.82) is 5.41 Å². The van der Waals surface area contributed by atoms with E-state index in [-0.39, 0.29) is 6.61 Å². The molecule has 1 aliphatic rings. The molecule has 1 N–H and O–H groups in total. The van der Waals surface area contributed by atoms with Gasteiger partial charge >= 0.3 is 5.97 Å². The van der Waals surface area contributed by atoms with Crippen molar-refractivity contribution in [3.8, 4) is 0 Å². The van der Waals surface area contributed by atoms with Gasteiger partial charge in [-0.1, -0.05) is 0 Å². The van der Waals surface area contributed by atoms with Gasteiger partial charge < -0.3 is 4.74 Å². The highest BCUT2D eigenvalue weighted by Gasteiger charge is 2.27. The SMILES string of the molecule is N=C1C(=O)COC1=O. The van der Waals surface area contributed by atoms with Gasteiger partial charge in [0.15, 0.2) is 12.3 Å². The minimum atomic E-state index is -0.810. The fraction of sp³-hybridized carbons (Fsp3) is 0.250. The lowest BCUT2D eigenvalue weighted by Gasteiger charge is -1.79. The number of hydrogen-bond donors (Lipinski definition) is 1. The van der Waals surface area contributed by atoms with Gasteiger partial charge in [0.2, 0.25) is 5.78 Å².